The summed E-state index contributed by atoms with van der Waals surface area (Å²) in [7, 11) is 0. The monoisotopic (exact) mass is 165 g/mol. The van der Waals surface area contributed by atoms with E-state index in [-0.39, 0.29) is 11.3 Å². The molecule has 3 heteroatoms. The van der Waals surface area contributed by atoms with Crippen molar-refractivity contribution in [3.8, 4) is 5.75 Å². The van der Waals surface area contributed by atoms with Gasteiger partial charge in [-0.3, -0.25) is 4.79 Å². The molecule has 12 heavy (non-hydrogen) atoms. The topological polar surface area (TPSA) is 53.1 Å². The molecule has 2 N–H and O–H groups in total. The predicted molar refractivity (Wildman–Crippen MR) is 45.3 cm³/mol. The van der Waals surface area contributed by atoms with E-state index in [1.807, 2.05) is 0 Å². The van der Waals surface area contributed by atoms with E-state index in [4.69, 9.17) is 0 Å². The average molecular weight is 165 g/mol. The van der Waals surface area contributed by atoms with Crippen LogP contribution in [0.3, 0.4) is 0 Å². The number of H-pyrrole nitrogens is 1. The van der Waals surface area contributed by atoms with Crippen molar-refractivity contribution in [3.05, 3.63) is 28.2 Å². The van der Waals surface area contributed by atoms with Crippen molar-refractivity contribution in [1.29, 1.82) is 0 Å². The van der Waals surface area contributed by atoms with E-state index in [1.54, 1.807) is 6.20 Å². The normalized spacial score (nSPS) is 17.3. The minimum atomic E-state index is -0.240. The number of pyridine rings is 1. The highest BCUT2D eigenvalue weighted by molar-refractivity contribution is 5.32. The summed E-state index contributed by atoms with van der Waals surface area (Å²) in [5, 5.41) is 9.41. The van der Waals surface area contributed by atoms with Crippen molar-refractivity contribution in [2.75, 3.05) is 0 Å². The van der Waals surface area contributed by atoms with Crippen LogP contribution in [0.5, 0.6) is 5.75 Å². The Morgan fingerprint density at radius 1 is 1.50 bits per heavy atom. The lowest BCUT2D eigenvalue weighted by Gasteiger charge is -2.25. The van der Waals surface area contributed by atoms with E-state index in [9.17, 15) is 9.90 Å². The number of aromatic hydroxyl groups is 1. The maximum absolute atomic E-state index is 10.8. The van der Waals surface area contributed by atoms with Gasteiger partial charge in [0, 0.05) is 17.8 Å². The van der Waals surface area contributed by atoms with Crippen LogP contribution in [0.2, 0.25) is 0 Å². The highest BCUT2D eigenvalue weighted by Crippen LogP contribution is 2.39. The van der Waals surface area contributed by atoms with E-state index in [0.29, 0.717) is 5.92 Å². The fourth-order valence-electron chi connectivity index (χ4n) is 1.52. The second kappa shape index (κ2) is 2.66. The zero-order valence-electron chi connectivity index (χ0n) is 6.71. The molecule has 0 atom stereocenters. The molecule has 0 unspecified atom stereocenters. The van der Waals surface area contributed by atoms with Crippen LogP contribution < -0.4 is 5.56 Å². The van der Waals surface area contributed by atoms with Gasteiger partial charge in [-0.25, -0.2) is 0 Å². The Morgan fingerprint density at radius 2 is 2.25 bits per heavy atom. The van der Waals surface area contributed by atoms with Crippen LogP contribution in [0.15, 0.2) is 17.1 Å². The molecule has 1 aromatic rings. The Hall–Kier alpha value is -1.25. The highest BCUT2D eigenvalue weighted by Gasteiger charge is 2.22. The van der Waals surface area contributed by atoms with E-state index in [2.05, 4.69) is 4.98 Å². The number of hydrogen-bond acceptors (Lipinski definition) is 2. The molecule has 0 saturated heterocycles. The summed E-state index contributed by atoms with van der Waals surface area (Å²) >= 11 is 0. The minimum Gasteiger partial charge on any atom is -0.507 e. The molecule has 1 saturated carbocycles. The van der Waals surface area contributed by atoms with Crippen LogP contribution in [0.25, 0.3) is 0 Å². The van der Waals surface area contributed by atoms with Gasteiger partial charge in [0.15, 0.2) is 0 Å². The van der Waals surface area contributed by atoms with Crippen LogP contribution in [-0.4, -0.2) is 10.1 Å². The zero-order chi connectivity index (χ0) is 8.55. The van der Waals surface area contributed by atoms with Crippen molar-refractivity contribution in [2.24, 2.45) is 0 Å². The standard InChI is InChI=1S/C9H11NO2/c11-8-4-9(12)10-5-7(8)6-2-1-3-6/h4-6H,1-3H2,(H2,10,11,12). The fraction of sp³-hybridized carbons (Fsp3) is 0.444. The van der Waals surface area contributed by atoms with Gasteiger partial charge >= 0.3 is 0 Å². The highest BCUT2D eigenvalue weighted by atomic mass is 16.3. The smallest absolute Gasteiger partial charge is 0.251 e. The summed E-state index contributed by atoms with van der Waals surface area (Å²) in [4.78, 5) is 13.3. The Morgan fingerprint density at radius 3 is 2.75 bits per heavy atom. The molecule has 3 nitrogen and oxygen atoms in total. The average Bonchev–Trinajstić information content (AvgIpc) is 1.91. The van der Waals surface area contributed by atoms with Gasteiger partial charge < -0.3 is 10.1 Å². The summed E-state index contributed by atoms with van der Waals surface area (Å²) < 4.78 is 0. The molecular weight excluding hydrogens is 154 g/mol. The predicted octanol–water partition coefficient (Wildman–Crippen LogP) is 1.35. The summed E-state index contributed by atoms with van der Waals surface area (Å²) in [6.45, 7) is 0. The van der Waals surface area contributed by atoms with Gasteiger partial charge in [0.1, 0.15) is 5.75 Å². The van der Waals surface area contributed by atoms with Crippen LogP contribution in [0, 0.1) is 0 Å². The molecule has 1 aliphatic rings. The molecule has 1 aromatic heterocycles. The van der Waals surface area contributed by atoms with Crippen molar-refractivity contribution in [3.63, 3.8) is 0 Å². The number of hydrogen-bond donors (Lipinski definition) is 2. The molecular formula is C9H11NO2. The molecule has 0 aromatic carbocycles. The Kier molecular flexibility index (Phi) is 1.64. The SMILES string of the molecule is O=c1cc(O)c(C2CCC2)c[nH]1. The molecule has 2 rings (SSSR count). The first kappa shape index (κ1) is 7.40. The van der Waals surface area contributed by atoms with Crippen molar-refractivity contribution in [2.45, 2.75) is 25.2 Å². The van der Waals surface area contributed by atoms with Gasteiger partial charge in [-0.05, 0) is 18.8 Å². The molecule has 0 radical (unpaired) electrons. The van der Waals surface area contributed by atoms with Crippen LogP contribution in [-0.2, 0) is 0 Å². The van der Waals surface area contributed by atoms with E-state index in [0.717, 1.165) is 18.4 Å². The molecule has 64 valence electrons. The summed E-state index contributed by atoms with van der Waals surface area (Å²) in [6, 6.07) is 1.24. The van der Waals surface area contributed by atoms with Crippen molar-refractivity contribution in [1.82, 2.24) is 4.98 Å². The first-order valence-electron chi connectivity index (χ1n) is 4.19. The Labute approximate surface area is 70.1 Å². The van der Waals surface area contributed by atoms with Gasteiger partial charge in [-0.2, -0.15) is 0 Å². The lowest BCUT2D eigenvalue weighted by Crippen LogP contribution is -2.12. The number of aromatic amines is 1. The quantitative estimate of drug-likeness (QED) is 0.660. The molecule has 0 aliphatic heterocycles. The first-order valence-corrected chi connectivity index (χ1v) is 4.19. The Bertz CT molecular complexity index is 339. The van der Waals surface area contributed by atoms with E-state index in [1.165, 1.54) is 12.5 Å². The lowest BCUT2D eigenvalue weighted by molar-refractivity contribution is 0.391. The van der Waals surface area contributed by atoms with Gasteiger partial charge in [-0.1, -0.05) is 6.42 Å². The van der Waals surface area contributed by atoms with Gasteiger partial charge in [0.2, 0.25) is 0 Å². The molecule has 0 spiro atoms. The third-order valence-electron chi connectivity index (χ3n) is 2.48. The molecule has 1 heterocycles. The van der Waals surface area contributed by atoms with Gasteiger partial charge in [0.25, 0.3) is 5.56 Å². The maximum atomic E-state index is 10.8. The van der Waals surface area contributed by atoms with Crippen molar-refractivity contribution < 1.29 is 5.11 Å². The molecule has 0 amide bonds. The van der Waals surface area contributed by atoms with Crippen LogP contribution >= 0.6 is 0 Å². The van der Waals surface area contributed by atoms with Gasteiger partial charge in [-0.15, -0.1) is 0 Å². The van der Waals surface area contributed by atoms with E-state index >= 15 is 0 Å². The number of nitrogens with one attached hydrogen (secondary N) is 1. The summed E-state index contributed by atoms with van der Waals surface area (Å²) in [5.74, 6) is 0.602. The van der Waals surface area contributed by atoms with Crippen LogP contribution in [0.4, 0.5) is 0 Å². The first-order chi connectivity index (χ1) is 5.77. The summed E-state index contributed by atoms with van der Waals surface area (Å²) in [6.07, 6.45) is 5.10. The third kappa shape index (κ3) is 1.11. The largest absolute Gasteiger partial charge is 0.507 e. The van der Waals surface area contributed by atoms with Crippen LogP contribution in [0.1, 0.15) is 30.7 Å². The summed E-state index contributed by atoms with van der Waals surface area (Å²) in [5.41, 5.74) is 0.649. The second-order valence-electron chi connectivity index (χ2n) is 3.27. The molecule has 1 aliphatic carbocycles. The number of aromatic nitrogens is 1. The molecule has 1 fully saturated rings. The minimum absolute atomic E-state index is 0.142. The fourth-order valence-corrected chi connectivity index (χ4v) is 1.52. The Balaban J connectivity index is 2.37. The maximum Gasteiger partial charge on any atom is 0.251 e. The molecule has 0 bridgehead atoms. The van der Waals surface area contributed by atoms with E-state index < -0.39 is 0 Å². The second-order valence-corrected chi connectivity index (χ2v) is 3.27. The van der Waals surface area contributed by atoms with Crippen molar-refractivity contribution >= 4 is 0 Å². The lowest BCUT2D eigenvalue weighted by atomic mass is 9.80. The third-order valence-corrected chi connectivity index (χ3v) is 2.48. The zero-order valence-corrected chi connectivity index (χ0v) is 6.71. The number of rotatable bonds is 1. The van der Waals surface area contributed by atoms with Gasteiger partial charge in [0.05, 0.1) is 0 Å².